The Bertz CT molecular complexity index is 968. The number of carbonyl (C=O) groups is 2. The third-order valence-electron chi connectivity index (χ3n) is 4.16. The molecule has 1 aromatic heterocycles. The number of hydroxylamine groups is 2. The number of amides is 3. The Hall–Kier alpha value is -2.78. The van der Waals surface area contributed by atoms with Crippen molar-refractivity contribution in [3.05, 3.63) is 5.89 Å². The fourth-order valence-corrected chi connectivity index (χ4v) is 3.51. The van der Waals surface area contributed by atoms with Crippen LogP contribution < -0.4 is 5.32 Å². The second-order valence-corrected chi connectivity index (χ2v) is 8.76. The standard InChI is InChI=1S/C15H22N6O8S/c1-8(17-13(22)28-15(2,3)4)16-12-19-18-11(27-12)10-6-5-9-7-20(10)14(23)21(9)29-30(24,25)26/h9-10H,5-7H2,1-4H3,(H,24,25,26)(H,16,17,19,22). The minimum absolute atomic E-state index is 0.0966. The van der Waals surface area contributed by atoms with Gasteiger partial charge in [0.25, 0.3) is 0 Å². The molecule has 0 radical (unpaired) electrons. The molecule has 3 heterocycles. The first-order valence-electron chi connectivity index (χ1n) is 8.98. The number of piperidine rings is 1. The smallest absolute Gasteiger partial charge is 0.418 e. The maximum atomic E-state index is 12.4. The number of alkyl carbamates (subject to hydrolysis) is 1. The van der Waals surface area contributed by atoms with Gasteiger partial charge in [0.1, 0.15) is 17.5 Å². The first-order chi connectivity index (χ1) is 13.8. The Morgan fingerprint density at radius 2 is 2.03 bits per heavy atom. The molecule has 2 aliphatic rings. The minimum atomic E-state index is -4.83. The first-order valence-corrected chi connectivity index (χ1v) is 10.3. The summed E-state index contributed by atoms with van der Waals surface area (Å²) in [5.41, 5.74) is -0.671. The number of nitrogens with zero attached hydrogens (tertiary/aromatic N) is 5. The Balaban J connectivity index is 1.68. The quantitative estimate of drug-likeness (QED) is 0.389. The highest BCUT2D eigenvalue weighted by Crippen LogP contribution is 2.38. The number of aromatic nitrogens is 2. The monoisotopic (exact) mass is 446 g/mol. The number of urea groups is 1. The van der Waals surface area contributed by atoms with Gasteiger partial charge in [-0.15, -0.1) is 9.38 Å². The summed E-state index contributed by atoms with van der Waals surface area (Å²) in [5, 5.41) is 10.7. The van der Waals surface area contributed by atoms with Crippen LogP contribution in [0.5, 0.6) is 0 Å². The van der Waals surface area contributed by atoms with Crippen LogP contribution in [0.1, 0.15) is 52.5 Å². The van der Waals surface area contributed by atoms with E-state index < -0.39 is 40.2 Å². The van der Waals surface area contributed by atoms with Crippen molar-refractivity contribution in [2.45, 2.75) is 58.2 Å². The van der Waals surface area contributed by atoms with E-state index in [-0.39, 0.29) is 24.3 Å². The lowest BCUT2D eigenvalue weighted by molar-refractivity contribution is -0.0317. The van der Waals surface area contributed by atoms with Crippen molar-refractivity contribution in [2.75, 3.05) is 6.54 Å². The van der Waals surface area contributed by atoms with E-state index in [4.69, 9.17) is 13.7 Å². The van der Waals surface area contributed by atoms with Gasteiger partial charge >= 0.3 is 28.5 Å². The van der Waals surface area contributed by atoms with E-state index in [0.717, 1.165) is 0 Å². The zero-order valence-corrected chi connectivity index (χ0v) is 17.5. The molecule has 15 heteroatoms. The molecular weight excluding hydrogens is 424 g/mol. The normalized spacial score (nSPS) is 22.4. The van der Waals surface area contributed by atoms with Gasteiger partial charge in [-0.05, 0) is 40.5 Å². The number of aliphatic imine (C=N–C) groups is 1. The molecule has 30 heavy (non-hydrogen) atoms. The summed E-state index contributed by atoms with van der Waals surface area (Å²) < 4.78 is 45.7. The van der Waals surface area contributed by atoms with Crippen LogP contribution in [0.2, 0.25) is 0 Å². The van der Waals surface area contributed by atoms with Crippen molar-refractivity contribution in [2.24, 2.45) is 4.99 Å². The summed E-state index contributed by atoms with van der Waals surface area (Å²) in [6.07, 6.45) is 0.105. The van der Waals surface area contributed by atoms with E-state index in [0.29, 0.717) is 17.9 Å². The van der Waals surface area contributed by atoms with E-state index in [1.54, 1.807) is 20.8 Å². The number of carbonyl (C=O) groups excluding carboxylic acids is 2. The van der Waals surface area contributed by atoms with Gasteiger partial charge in [0, 0.05) is 6.54 Å². The van der Waals surface area contributed by atoms with Gasteiger partial charge in [0.15, 0.2) is 0 Å². The number of hydrogen-bond acceptors (Lipinski definition) is 10. The molecule has 14 nitrogen and oxygen atoms in total. The first kappa shape index (κ1) is 21.9. The van der Waals surface area contributed by atoms with Crippen molar-refractivity contribution in [1.82, 2.24) is 25.5 Å². The van der Waals surface area contributed by atoms with Crippen molar-refractivity contribution < 1.29 is 36.0 Å². The largest absolute Gasteiger partial charge is 0.444 e. The second kappa shape index (κ2) is 7.81. The number of amidine groups is 1. The van der Waals surface area contributed by atoms with Gasteiger partial charge in [0.05, 0.1) is 6.04 Å². The molecule has 2 unspecified atom stereocenters. The van der Waals surface area contributed by atoms with E-state index in [1.807, 2.05) is 0 Å². The van der Waals surface area contributed by atoms with Crippen LogP contribution in [0.4, 0.5) is 15.6 Å². The summed E-state index contributed by atoms with van der Waals surface area (Å²) in [5.74, 6) is 0.257. The number of fused-ring (bicyclic) bond motifs is 2. The van der Waals surface area contributed by atoms with Crippen LogP contribution in [0.3, 0.4) is 0 Å². The summed E-state index contributed by atoms with van der Waals surface area (Å²) in [4.78, 5) is 29.5. The molecule has 2 aliphatic heterocycles. The third-order valence-corrected chi connectivity index (χ3v) is 4.51. The lowest BCUT2D eigenvalue weighted by Crippen LogP contribution is -2.35. The highest BCUT2D eigenvalue weighted by atomic mass is 32.3. The molecule has 2 bridgehead atoms. The Morgan fingerprint density at radius 3 is 2.67 bits per heavy atom. The topological polar surface area (TPSA) is 177 Å². The predicted molar refractivity (Wildman–Crippen MR) is 98.8 cm³/mol. The third kappa shape index (κ3) is 5.22. The van der Waals surface area contributed by atoms with Crippen molar-refractivity contribution in [3.8, 4) is 0 Å². The Kier molecular flexibility index (Phi) is 5.70. The molecule has 0 saturated carbocycles. The van der Waals surface area contributed by atoms with Gasteiger partial charge in [-0.2, -0.15) is 18.5 Å². The van der Waals surface area contributed by atoms with Crippen LogP contribution >= 0.6 is 0 Å². The zero-order chi connectivity index (χ0) is 22.3. The molecule has 166 valence electrons. The molecule has 2 fully saturated rings. The summed E-state index contributed by atoms with van der Waals surface area (Å²) in [6.45, 7) is 6.84. The SMILES string of the molecule is CC(=Nc1nnc(C2CCC3CN2C(=O)N3OS(=O)(=O)O)o1)NC(=O)OC(C)(C)C. The lowest BCUT2D eigenvalue weighted by atomic mass is 10.0. The molecular formula is C15H22N6O8S. The molecule has 2 saturated heterocycles. The lowest BCUT2D eigenvalue weighted by Gasteiger charge is -2.27. The number of hydrogen-bond donors (Lipinski definition) is 2. The summed E-state index contributed by atoms with van der Waals surface area (Å²) in [6, 6.07) is -2.03. The zero-order valence-electron chi connectivity index (χ0n) is 16.7. The average molecular weight is 446 g/mol. The van der Waals surface area contributed by atoms with Crippen LogP contribution in [0.25, 0.3) is 0 Å². The predicted octanol–water partition coefficient (Wildman–Crippen LogP) is 1.32. The highest BCUT2D eigenvalue weighted by molar-refractivity contribution is 7.80. The molecule has 3 rings (SSSR count). The second-order valence-electron chi connectivity index (χ2n) is 7.76. The molecule has 1 aromatic rings. The molecule has 3 amide bonds. The number of ether oxygens (including phenoxy) is 1. The van der Waals surface area contributed by atoms with Gasteiger partial charge in [-0.1, -0.05) is 5.10 Å². The fourth-order valence-electron chi connectivity index (χ4n) is 3.12. The van der Waals surface area contributed by atoms with E-state index in [2.05, 4.69) is 24.8 Å². The average Bonchev–Trinajstić information content (AvgIpc) is 3.11. The van der Waals surface area contributed by atoms with Crippen molar-refractivity contribution in [1.29, 1.82) is 0 Å². The number of nitrogens with one attached hydrogen (secondary N) is 1. The molecule has 2 atom stereocenters. The van der Waals surface area contributed by atoms with Gasteiger partial charge in [0.2, 0.25) is 5.89 Å². The minimum Gasteiger partial charge on any atom is -0.444 e. The summed E-state index contributed by atoms with van der Waals surface area (Å²) >= 11 is 0. The van der Waals surface area contributed by atoms with Gasteiger partial charge < -0.3 is 14.1 Å². The van der Waals surface area contributed by atoms with Crippen LogP contribution in [0, 0.1) is 0 Å². The molecule has 0 aromatic carbocycles. The Morgan fingerprint density at radius 1 is 1.33 bits per heavy atom. The summed E-state index contributed by atoms with van der Waals surface area (Å²) in [7, 11) is -4.83. The van der Waals surface area contributed by atoms with Crippen LogP contribution in [-0.2, 0) is 19.4 Å². The van der Waals surface area contributed by atoms with Crippen molar-refractivity contribution >= 4 is 34.4 Å². The van der Waals surface area contributed by atoms with Gasteiger partial charge in [-0.3, -0.25) is 9.87 Å². The highest BCUT2D eigenvalue weighted by Gasteiger charge is 2.49. The van der Waals surface area contributed by atoms with Crippen LogP contribution in [0.15, 0.2) is 9.41 Å². The number of rotatable bonds is 4. The van der Waals surface area contributed by atoms with Gasteiger partial charge in [-0.25, -0.2) is 9.59 Å². The van der Waals surface area contributed by atoms with E-state index in [1.165, 1.54) is 11.8 Å². The molecule has 0 spiro atoms. The molecule has 0 aliphatic carbocycles. The molecule has 2 N–H and O–H groups in total. The van der Waals surface area contributed by atoms with Crippen molar-refractivity contribution in [3.63, 3.8) is 0 Å². The van der Waals surface area contributed by atoms with E-state index in [9.17, 15) is 18.0 Å². The maximum absolute atomic E-state index is 12.4. The maximum Gasteiger partial charge on any atom is 0.418 e. The fraction of sp³-hybridized carbons (Fsp3) is 0.667. The van der Waals surface area contributed by atoms with E-state index >= 15 is 0 Å². The Labute approximate surface area is 172 Å². The van der Waals surface area contributed by atoms with Crippen LogP contribution in [-0.4, -0.2) is 69.3 Å².